The number of nitrogens with one attached hydrogen (secondary N) is 1. The second-order valence-electron chi connectivity index (χ2n) is 5.78. The van der Waals surface area contributed by atoms with Crippen molar-refractivity contribution >= 4 is 29.2 Å². The molecule has 0 aromatic heterocycles. The molecule has 1 unspecified atom stereocenters. The summed E-state index contributed by atoms with van der Waals surface area (Å²) in [5, 5.41) is 3.85. The van der Waals surface area contributed by atoms with Crippen LogP contribution in [0.15, 0.2) is 35.3 Å². The maximum atomic E-state index is 12.7. The van der Waals surface area contributed by atoms with Crippen LogP contribution in [0.5, 0.6) is 0 Å². The second-order valence-corrected chi connectivity index (χ2v) is 6.19. The van der Waals surface area contributed by atoms with E-state index in [0.29, 0.717) is 24.1 Å². The molecule has 1 N–H and O–H groups in total. The zero-order valence-electron chi connectivity index (χ0n) is 12.7. The molecule has 0 fully saturated rings. The second kappa shape index (κ2) is 6.53. The van der Waals surface area contributed by atoms with Gasteiger partial charge in [0.15, 0.2) is 0 Å². The molecular formula is C17H20ClN3O. The summed E-state index contributed by atoms with van der Waals surface area (Å²) in [4.78, 5) is 18.9. The van der Waals surface area contributed by atoms with E-state index in [2.05, 4.69) is 22.5 Å². The molecule has 1 amide bonds. The van der Waals surface area contributed by atoms with E-state index in [9.17, 15) is 4.79 Å². The van der Waals surface area contributed by atoms with Crippen LogP contribution in [0.1, 0.15) is 24.8 Å². The average molecular weight is 318 g/mol. The molecule has 116 valence electrons. The summed E-state index contributed by atoms with van der Waals surface area (Å²) >= 11 is 6.25. The van der Waals surface area contributed by atoms with Crippen molar-refractivity contribution in [2.75, 3.05) is 18.4 Å². The average Bonchev–Trinajstić information content (AvgIpc) is 2.98. The maximum Gasteiger partial charge on any atom is 0.232 e. The van der Waals surface area contributed by atoms with Crippen LogP contribution < -0.4 is 5.32 Å². The predicted octanol–water partition coefficient (Wildman–Crippen LogP) is 3.61. The number of benzene rings is 1. The smallest absolute Gasteiger partial charge is 0.232 e. The van der Waals surface area contributed by atoms with Crippen LogP contribution in [-0.2, 0) is 4.79 Å². The number of carbonyl (C=O) groups excluding carboxylic acids is 1. The van der Waals surface area contributed by atoms with E-state index in [1.165, 1.54) is 0 Å². The molecular weight excluding hydrogens is 298 g/mol. The van der Waals surface area contributed by atoms with Gasteiger partial charge in [-0.15, -0.1) is 0 Å². The Bertz CT molecular complexity index is 639. The molecule has 3 rings (SSSR count). The van der Waals surface area contributed by atoms with Crippen LogP contribution in [0.2, 0.25) is 5.02 Å². The molecule has 0 spiro atoms. The molecule has 4 nitrogen and oxygen atoms in total. The fraction of sp³-hybridized carbons (Fsp3) is 0.412. The molecule has 0 saturated heterocycles. The van der Waals surface area contributed by atoms with Gasteiger partial charge in [0.05, 0.1) is 17.3 Å². The first-order valence-electron chi connectivity index (χ1n) is 7.69. The topological polar surface area (TPSA) is 44.7 Å². The highest BCUT2D eigenvalue weighted by Gasteiger charge is 2.30. The van der Waals surface area contributed by atoms with Gasteiger partial charge in [-0.2, -0.15) is 0 Å². The molecule has 1 aromatic carbocycles. The fourth-order valence-electron chi connectivity index (χ4n) is 2.85. The van der Waals surface area contributed by atoms with E-state index in [0.717, 1.165) is 30.5 Å². The lowest BCUT2D eigenvalue weighted by atomic mass is 9.93. The number of allylic oxidation sites excluding steroid dienone is 2. The third-order valence-corrected chi connectivity index (χ3v) is 4.41. The number of hydrogen-bond donors (Lipinski definition) is 1. The summed E-state index contributed by atoms with van der Waals surface area (Å²) in [5.74, 6) is 0.852. The molecule has 0 radical (unpaired) electrons. The van der Waals surface area contributed by atoms with E-state index >= 15 is 0 Å². The predicted molar refractivity (Wildman–Crippen MR) is 90.3 cm³/mol. The summed E-state index contributed by atoms with van der Waals surface area (Å²) in [6, 6.07) is 5.81. The van der Waals surface area contributed by atoms with Gasteiger partial charge in [-0.3, -0.25) is 14.7 Å². The zero-order chi connectivity index (χ0) is 15.5. The molecule has 1 heterocycles. The number of guanidine groups is 1. The Hall–Kier alpha value is -1.81. The van der Waals surface area contributed by atoms with Gasteiger partial charge in [-0.1, -0.05) is 29.8 Å². The van der Waals surface area contributed by atoms with Gasteiger partial charge in [0.1, 0.15) is 0 Å². The van der Waals surface area contributed by atoms with Gasteiger partial charge >= 0.3 is 0 Å². The Morgan fingerprint density at radius 2 is 2.27 bits per heavy atom. The Morgan fingerprint density at radius 1 is 1.41 bits per heavy atom. The minimum absolute atomic E-state index is 0.0728. The highest BCUT2D eigenvalue weighted by Crippen LogP contribution is 2.25. The summed E-state index contributed by atoms with van der Waals surface area (Å²) in [7, 11) is 0. The van der Waals surface area contributed by atoms with Gasteiger partial charge in [0, 0.05) is 12.5 Å². The highest BCUT2D eigenvalue weighted by molar-refractivity contribution is 6.33. The molecule has 1 atom stereocenters. The van der Waals surface area contributed by atoms with Crippen LogP contribution in [0.25, 0.3) is 0 Å². The van der Waals surface area contributed by atoms with Gasteiger partial charge in [-0.05, 0) is 43.9 Å². The largest absolute Gasteiger partial charge is 0.325 e. The van der Waals surface area contributed by atoms with E-state index < -0.39 is 0 Å². The third kappa shape index (κ3) is 3.17. The van der Waals surface area contributed by atoms with Crippen molar-refractivity contribution in [1.82, 2.24) is 4.90 Å². The van der Waals surface area contributed by atoms with Crippen LogP contribution in [0.3, 0.4) is 0 Å². The lowest BCUT2D eigenvalue weighted by molar-refractivity contribution is -0.131. The number of amides is 1. The Balaban J connectivity index is 1.72. The number of anilines is 1. The van der Waals surface area contributed by atoms with Crippen molar-refractivity contribution in [3.05, 3.63) is 40.9 Å². The van der Waals surface area contributed by atoms with Crippen molar-refractivity contribution in [3.8, 4) is 0 Å². The van der Waals surface area contributed by atoms with Crippen LogP contribution >= 0.6 is 11.6 Å². The number of halogens is 1. The van der Waals surface area contributed by atoms with E-state index in [1.54, 1.807) is 4.90 Å². The minimum atomic E-state index is 0.0728. The molecule has 0 saturated carbocycles. The maximum absolute atomic E-state index is 12.7. The third-order valence-electron chi connectivity index (χ3n) is 4.10. The SMILES string of the molecule is Cc1ccc(NC2=NCCN2C(=O)C2CC=CCC2)c(Cl)c1. The normalized spacial score (nSPS) is 20.9. The quantitative estimate of drug-likeness (QED) is 0.847. The number of nitrogens with zero attached hydrogens (tertiary/aromatic N) is 2. The number of rotatable bonds is 2. The van der Waals surface area contributed by atoms with Crippen molar-refractivity contribution in [2.24, 2.45) is 10.9 Å². The molecule has 22 heavy (non-hydrogen) atoms. The van der Waals surface area contributed by atoms with Gasteiger partial charge < -0.3 is 5.32 Å². The first-order valence-corrected chi connectivity index (χ1v) is 8.07. The Labute approximate surface area is 135 Å². The first-order chi connectivity index (χ1) is 10.6. The summed E-state index contributed by atoms with van der Waals surface area (Å²) in [6.45, 7) is 3.28. The highest BCUT2D eigenvalue weighted by atomic mass is 35.5. The molecule has 2 aliphatic rings. The monoisotopic (exact) mass is 317 g/mol. The lowest BCUT2D eigenvalue weighted by Crippen LogP contribution is -2.42. The molecule has 0 bridgehead atoms. The number of aryl methyl sites for hydroxylation is 1. The Kier molecular flexibility index (Phi) is 4.48. The van der Waals surface area contributed by atoms with Gasteiger partial charge in [0.25, 0.3) is 0 Å². The van der Waals surface area contributed by atoms with Crippen LogP contribution in [0.4, 0.5) is 5.69 Å². The van der Waals surface area contributed by atoms with Gasteiger partial charge in [0.2, 0.25) is 11.9 Å². The van der Waals surface area contributed by atoms with Crippen LogP contribution in [-0.4, -0.2) is 29.9 Å². The van der Waals surface area contributed by atoms with Gasteiger partial charge in [-0.25, -0.2) is 0 Å². The number of aliphatic imine (C=N–C) groups is 1. The summed E-state index contributed by atoms with van der Waals surface area (Å²) in [5.41, 5.74) is 1.89. The standard InChI is InChI=1S/C17H20ClN3O/c1-12-7-8-15(14(18)11-12)20-17-19-9-10-21(17)16(22)13-5-3-2-4-6-13/h2-3,7-8,11,13H,4-6,9-10H2,1H3,(H,19,20). The van der Waals surface area contributed by atoms with E-state index in [1.807, 2.05) is 25.1 Å². The molecule has 1 aromatic rings. The number of carbonyl (C=O) groups is 1. The van der Waals surface area contributed by atoms with E-state index in [-0.39, 0.29) is 11.8 Å². The first kappa shape index (κ1) is 15.1. The van der Waals surface area contributed by atoms with Crippen molar-refractivity contribution in [1.29, 1.82) is 0 Å². The van der Waals surface area contributed by atoms with Crippen molar-refractivity contribution in [3.63, 3.8) is 0 Å². The number of hydrogen-bond acceptors (Lipinski definition) is 3. The molecule has 1 aliphatic heterocycles. The zero-order valence-corrected chi connectivity index (χ0v) is 13.4. The fourth-order valence-corrected chi connectivity index (χ4v) is 3.13. The van der Waals surface area contributed by atoms with Crippen LogP contribution in [0, 0.1) is 12.8 Å². The van der Waals surface area contributed by atoms with E-state index in [4.69, 9.17) is 11.6 Å². The van der Waals surface area contributed by atoms with Crippen molar-refractivity contribution in [2.45, 2.75) is 26.2 Å². The summed E-state index contributed by atoms with van der Waals surface area (Å²) in [6.07, 6.45) is 6.97. The lowest BCUT2D eigenvalue weighted by Gasteiger charge is -2.25. The Morgan fingerprint density at radius 3 is 3.00 bits per heavy atom. The molecule has 1 aliphatic carbocycles. The minimum Gasteiger partial charge on any atom is -0.325 e. The van der Waals surface area contributed by atoms with Crippen molar-refractivity contribution < 1.29 is 4.79 Å². The molecule has 5 heteroatoms. The summed E-state index contributed by atoms with van der Waals surface area (Å²) < 4.78 is 0.